The van der Waals surface area contributed by atoms with Crippen molar-refractivity contribution in [3.63, 3.8) is 0 Å². The first-order chi connectivity index (χ1) is 4.37. The van der Waals surface area contributed by atoms with Gasteiger partial charge in [-0.15, -0.1) is 0 Å². The molecule has 0 spiro atoms. The minimum absolute atomic E-state index is 0. The second-order valence-corrected chi connectivity index (χ2v) is 12.2. The zero-order chi connectivity index (χ0) is 8.41. The molecule has 3 nitrogen and oxygen atoms in total. The third-order valence-electron chi connectivity index (χ3n) is 1.46. The number of hydrogen-bond donors (Lipinski definition) is 3. The Balaban J connectivity index is 0. The van der Waals surface area contributed by atoms with Crippen molar-refractivity contribution in [3.8, 4) is 0 Å². The largest absolute Gasteiger partial charge is 0.337 e. The van der Waals surface area contributed by atoms with Crippen molar-refractivity contribution in [2.75, 3.05) is 11.5 Å². The molecule has 0 aromatic rings. The van der Waals surface area contributed by atoms with Gasteiger partial charge in [0.15, 0.2) is 0 Å². The molecule has 11 heavy (non-hydrogen) atoms. The molecule has 0 aliphatic heterocycles. The third kappa shape index (κ3) is 3.75. The van der Waals surface area contributed by atoms with Gasteiger partial charge >= 0.3 is 0 Å². The van der Waals surface area contributed by atoms with E-state index in [1.165, 1.54) is 0 Å². The van der Waals surface area contributed by atoms with Crippen molar-refractivity contribution in [1.82, 2.24) is 0 Å². The molecule has 0 heterocycles. The zero-order valence-electron chi connectivity index (χ0n) is 6.43. The average molecular weight is 300 g/mol. The van der Waals surface area contributed by atoms with Crippen molar-refractivity contribution >= 4 is 27.1 Å². The Kier molecular flexibility index (Phi) is 7.05. The maximum absolute atomic E-state index is 11.4. The van der Waals surface area contributed by atoms with E-state index in [2.05, 4.69) is 11.8 Å². The van der Waals surface area contributed by atoms with E-state index in [1.807, 2.05) is 0 Å². The summed E-state index contributed by atoms with van der Waals surface area (Å²) in [7, 11) is -2.83. The predicted molar refractivity (Wildman–Crippen MR) is 49.3 cm³/mol. The van der Waals surface area contributed by atoms with Crippen molar-refractivity contribution < 1.29 is 35.1 Å². The summed E-state index contributed by atoms with van der Waals surface area (Å²) in [5.41, 5.74) is -3.50. The summed E-state index contributed by atoms with van der Waals surface area (Å²) in [4.78, 5) is 17.9. The second kappa shape index (κ2) is 5.21. The van der Waals surface area contributed by atoms with Crippen molar-refractivity contribution in [2.45, 2.75) is 13.8 Å². The molecular weight excluding hydrogens is 287 g/mol. The molecule has 0 saturated carbocycles. The molecule has 0 radical (unpaired) electrons. The van der Waals surface area contributed by atoms with Crippen molar-refractivity contribution in [1.29, 1.82) is 0 Å². The van der Waals surface area contributed by atoms with Crippen molar-refractivity contribution in [3.05, 3.63) is 0 Å². The number of hydrogen-bond acceptors (Lipinski definition) is 2. The van der Waals surface area contributed by atoms with E-state index in [0.29, 0.717) is 0 Å². The Morgan fingerprint density at radius 2 is 1.64 bits per heavy atom. The van der Waals surface area contributed by atoms with Gasteiger partial charge in [0.25, 0.3) is 0 Å². The normalized spacial score (nSPS) is 13.8. The topological polar surface area (TPSA) is 57.5 Å². The van der Waals surface area contributed by atoms with Gasteiger partial charge in [-0.25, -0.2) is 0 Å². The summed E-state index contributed by atoms with van der Waals surface area (Å²) in [6, 6.07) is 0. The summed E-state index contributed by atoms with van der Waals surface area (Å²) in [6.07, 6.45) is 0. The zero-order valence-corrected chi connectivity index (χ0v) is 11.0. The minimum atomic E-state index is -3.50. The summed E-state index contributed by atoms with van der Waals surface area (Å²) >= 11 is 4.38. The van der Waals surface area contributed by atoms with Crippen LogP contribution in [0.25, 0.3) is 0 Å². The van der Waals surface area contributed by atoms with E-state index in [9.17, 15) is 4.21 Å². The van der Waals surface area contributed by atoms with Gasteiger partial charge in [-0.2, -0.15) is 0 Å². The average Bonchev–Trinajstić information content (AvgIpc) is 1.84. The first kappa shape index (κ1) is 14.9. The maximum Gasteiger partial charge on any atom is 0.248 e. The van der Waals surface area contributed by atoms with Crippen LogP contribution in [-0.4, -0.2) is 25.5 Å². The van der Waals surface area contributed by atoms with Crippen molar-refractivity contribution in [2.24, 2.45) is 0 Å². The van der Waals surface area contributed by atoms with E-state index in [1.54, 1.807) is 13.8 Å². The minimum Gasteiger partial charge on any atom is -0.337 e. The van der Waals surface area contributed by atoms with Crippen LogP contribution >= 0.6 is 5.69 Å². The van der Waals surface area contributed by atoms with Crippen LogP contribution in [0.3, 0.4) is 0 Å². The van der Waals surface area contributed by atoms with Crippen LogP contribution in [0.1, 0.15) is 13.8 Å². The Bertz CT molecular complexity index is 194. The smallest absolute Gasteiger partial charge is 0.248 e. The Morgan fingerprint density at radius 1 is 1.36 bits per heavy atom. The standard InChI is InChI=1S/C4H13O3PS2.Mo/c1-3-10(7,4-2)8(5,6)9;/h10H,3-4H2,1-2H3,(H2,5,6,9);. The fraction of sp³-hybridized carbons (Fsp3) is 1.00. The van der Waals surface area contributed by atoms with Gasteiger partial charge < -0.3 is 9.79 Å². The Hall–Kier alpha value is 1.41. The second-order valence-electron chi connectivity index (χ2n) is 1.99. The summed E-state index contributed by atoms with van der Waals surface area (Å²) in [5, 5.41) is 0. The maximum atomic E-state index is 11.4. The van der Waals surface area contributed by atoms with Crippen LogP contribution in [0, 0.1) is 0 Å². The number of rotatable bonds is 3. The van der Waals surface area contributed by atoms with Crippen LogP contribution in [0.2, 0.25) is 0 Å². The van der Waals surface area contributed by atoms with Gasteiger partial charge in [-0.3, -0.25) is 4.21 Å². The summed E-state index contributed by atoms with van der Waals surface area (Å²) in [5.74, 6) is 0.571. The van der Waals surface area contributed by atoms with Crippen LogP contribution in [0.5, 0.6) is 0 Å². The number of thiol groups is 1. The molecule has 0 amide bonds. The van der Waals surface area contributed by atoms with E-state index >= 15 is 0 Å². The molecule has 7 heteroatoms. The van der Waals surface area contributed by atoms with Crippen LogP contribution < -0.4 is 0 Å². The molecule has 0 unspecified atom stereocenters. The van der Waals surface area contributed by atoms with Crippen LogP contribution in [-0.2, 0) is 42.4 Å². The molecule has 2 N–H and O–H groups in total. The monoisotopic (exact) mass is 302 g/mol. The third-order valence-corrected chi connectivity index (χ3v) is 11.6. The molecule has 0 atom stereocenters. The molecule has 0 fully saturated rings. The summed E-state index contributed by atoms with van der Waals surface area (Å²) in [6.45, 7) is 3.33. The molecular formula is C4H13MoO3PS2. The Labute approximate surface area is 87.2 Å². The molecule has 70 valence electrons. The van der Waals surface area contributed by atoms with E-state index < -0.39 is 15.2 Å². The molecule has 0 aliphatic rings. The van der Waals surface area contributed by atoms with E-state index in [-0.39, 0.29) is 32.6 Å². The van der Waals surface area contributed by atoms with Gasteiger partial charge in [0.1, 0.15) is 0 Å². The Morgan fingerprint density at radius 3 is 1.64 bits per heavy atom. The molecule has 0 rings (SSSR count). The van der Waals surface area contributed by atoms with Gasteiger partial charge in [0.05, 0.1) is 0 Å². The fourth-order valence-electron chi connectivity index (χ4n) is 0.592. The van der Waals surface area contributed by atoms with Gasteiger partial charge in [0, 0.05) is 32.6 Å². The molecule has 0 bridgehead atoms. The molecule has 0 aromatic carbocycles. The molecule has 0 aliphatic carbocycles. The molecule has 0 saturated heterocycles. The predicted octanol–water partition coefficient (Wildman–Crippen LogP) is 0.249. The SMILES string of the molecule is CC[SH](=O)(CC)P(O)(O)=S.[Mo]. The van der Waals surface area contributed by atoms with Gasteiger partial charge in [-0.1, -0.05) is 13.8 Å². The van der Waals surface area contributed by atoms with E-state index in [0.717, 1.165) is 0 Å². The first-order valence-electron chi connectivity index (χ1n) is 3.01. The van der Waals surface area contributed by atoms with Crippen LogP contribution in [0.4, 0.5) is 0 Å². The molecule has 0 aromatic heterocycles. The fourth-order valence-corrected chi connectivity index (χ4v) is 6.07. The first-order valence-corrected chi connectivity index (χ1v) is 8.50. The van der Waals surface area contributed by atoms with Gasteiger partial charge in [-0.05, 0) is 21.4 Å². The summed E-state index contributed by atoms with van der Waals surface area (Å²) < 4.78 is 11.4. The quantitative estimate of drug-likeness (QED) is 0.397. The van der Waals surface area contributed by atoms with Crippen LogP contribution in [0.15, 0.2) is 0 Å². The van der Waals surface area contributed by atoms with E-state index in [4.69, 9.17) is 9.79 Å². The van der Waals surface area contributed by atoms with Gasteiger partial charge in [0.2, 0.25) is 5.69 Å².